The van der Waals surface area contributed by atoms with Gasteiger partial charge in [-0.1, -0.05) is 19.4 Å². The molecule has 3 aliphatic heterocycles. The summed E-state index contributed by atoms with van der Waals surface area (Å²) >= 11 is 1.52. The van der Waals surface area contributed by atoms with Crippen molar-refractivity contribution in [3.63, 3.8) is 0 Å². The van der Waals surface area contributed by atoms with Gasteiger partial charge in [0.15, 0.2) is 0 Å². The van der Waals surface area contributed by atoms with Crippen molar-refractivity contribution >= 4 is 29.5 Å². The number of hydrogen-bond donors (Lipinski definition) is 2. The number of aliphatic hydroxyl groups excluding tert-OH is 1. The van der Waals surface area contributed by atoms with Crippen LogP contribution in [-0.2, 0) is 14.4 Å². The predicted octanol–water partition coefficient (Wildman–Crippen LogP) is 1.36. The van der Waals surface area contributed by atoms with Crippen molar-refractivity contribution in [3.8, 4) is 0 Å². The van der Waals surface area contributed by atoms with E-state index in [1.807, 2.05) is 6.92 Å². The molecule has 0 aromatic rings. The molecule has 0 aliphatic carbocycles. The number of nitrogens with zero attached hydrogens (tertiary/aromatic N) is 2. The lowest BCUT2D eigenvalue weighted by Gasteiger charge is -2.37. The Balaban J connectivity index is 2.03. The van der Waals surface area contributed by atoms with Crippen LogP contribution in [0, 0.1) is 11.8 Å². The van der Waals surface area contributed by atoms with Crippen molar-refractivity contribution in [1.29, 1.82) is 0 Å². The number of fused-ring (bicyclic) bond motifs is 1. The van der Waals surface area contributed by atoms with E-state index in [-0.39, 0.29) is 25.0 Å². The van der Waals surface area contributed by atoms with E-state index in [0.717, 1.165) is 12.8 Å². The highest BCUT2D eigenvalue weighted by atomic mass is 32.2. The van der Waals surface area contributed by atoms with Crippen molar-refractivity contribution in [3.05, 3.63) is 12.7 Å². The van der Waals surface area contributed by atoms with E-state index >= 15 is 0 Å². The molecule has 0 aromatic heterocycles. The first-order valence-electron chi connectivity index (χ1n) is 10.0. The molecule has 0 aromatic carbocycles. The van der Waals surface area contributed by atoms with Gasteiger partial charge in [0.25, 0.3) is 0 Å². The summed E-state index contributed by atoms with van der Waals surface area (Å²) in [4.78, 5) is 42.1. The van der Waals surface area contributed by atoms with Crippen LogP contribution in [0.25, 0.3) is 0 Å². The van der Waals surface area contributed by atoms with Crippen LogP contribution in [0.5, 0.6) is 0 Å². The van der Waals surface area contributed by atoms with Gasteiger partial charge in [-0.2, -0.15) is 0 Å². The number of aliphatic carboxylic acids is 1. The second-order valence-corrected chi connectivity index (χ2v) is 10.1. The average molecular weight is 411 g/mol. The van der Waals surface area contributed by atoms with Gasteiger partial charge in [-0.05, 0) is 26.2 Å². The third-order valence-corrected chi connectivity index (χ3v) is 8.55. The van der Waals surface area contributed by atoms with E-state index in [9.17, 15) is 24.6 Å². The molecule has 2 N–H and O–H groups in total. The zero-order chi connectivity index (χ0) is 20.7. The van der Waals surface area contributed by atoms with Crippen molar-refractivity contribution in [2.45, 2.75) is 55.1 Å². The zero-order valence-corrected chi connectivity index (χ0v) is 17.4. The third kappa shape index (κ3) is 2.96. The first-order valence-corrected chi connectivity index (χ1v) is 10.8. The van der Waals surface area contributed by atoms with Gasteiger partial charge in [-0.15, -0.1) is 18.3 Å². The number of aliphatic hydroxyl groups is 1. The number of carboxylic acids is 1. The summed E-state index contributed by atoms with van der Waals surface area (Å²) in [6.45, 7) is 8.47. The molecule has 2 amide bonds. The Morgan fingerprint density at radius 3 is 2.71 bits per heavy atom. The van der Waals surface area contributed by atoms with E-state index in [1.54, 1.807) is 11.0 Å². The highest BCUT2D eigenvalue weighted by Gasteiger charge is 2.77. The Kier molecular flexibility index (Phi) is 5.83. The minimum atomic E-state index is -0.971. The number of carbonyl (C=O) groups excluding carboxylic acids is 2. The largest absolute Gasteiger partial charge is 0.481 e. The molecule has 156 valence electrons. The fourth-order valence-electron chi connectivity index (χ4n) is 5.40. The van der Waals surface area contributed by atoms with Crippen molar-refractivity contribution in [2.75, 3.05) is 26.2 Å². The molecule has 3 aliphatic rings. The number of likely N-dealkylation sites (tertiary alicyclic amines) is 1. The van der Waals surface area contributed by atoms with Gasteiger partial charge in [-0.25, -0.2) is 0 Å². The molecule has 8 heteroatoms. The molecule has 0 radical (unpaired) electrons. The number of β-amino-alcohol motifs (C(OH)–C–C–N with tert-alkyl or cyclic N) is 1. The maximum absolute atomic E-state index is 13.6. The molecule has 5 atom stereocenters. The topological polar surface area (TPSA) is 98.2 Å². The summed E-state index contributed by atoms with van der Waals surface area (Å²) in [5.41, 5.74) is 0. The molecule has 28 heavy (non-hydrogen) atoms. The number of carboxylic acid groups (broad SMARTS) is 1. The van der Waals surface area contributed by atoms with Crippen LogP contribution in [0.3, 0.4) is 0 Å². The lowest BCUT2D eigenvalue weighted by Crippen LogP contribution is -2.55. The van der Waals surface area contributed by atoms with Gasteiger partial charge in [0.05, 0.1) is 23.2 Å². The summed E-state index contributed by atoms with van der Waals surface area (Å²) in [5, 5.41) is 19.4. The normalized spacial score (nSPS) is 35.9. The summed E-state index contributed by atoms with van der Waals surface area (Å²) in [6, 6.07) is -0.731. The molecule has 2 unspecified atom stereocenters. The average Bonchev–Trinajstić information content (AvgIpc) is 3.20. The van der Waals surface area contributed by atoms with Crippen LogP contribution in [0.1, 0.15) is 39.5 Å². The SMILES string of the molecule is C=CCN(CCCC)C(=O)C1N(CCO)C(=O)[C@@H]2[C@H](C(=O)O)[C@]3(C)CCC12S3. The zero-order valence-electron chi connectivity index (χ0n) is 16.6. The molecular formula is C20H30N2O5S. The molecule has 3 rings (SSSR count). The molecule has 3 saturated heterocycles. The van der Waals surface area contributed by atoms with Crippen LogP contribution in [0.2, 0.25) is 0 Å². The number of unbranched alkanes of at least 4 members (excludes halogenated alkanes) is 1. The second kappa shape index (κ2) is 7.71. The van der Waals surface area contributed by atoms with Gasteiger partial charge in [0.1, 0.15) is 6.04 Å². The molecular weight excluding hydrogens is 380 g/mol. The minimum Gasteiger partial charge on any atom is -0.481 e. The van der Waals surface area contributed by atoms with E-state index < -0.39 is 33.3 Å². The quantitative estimate of drug-likeness (QED) is 0.557. The van der Waals surface area contributed by atoms with Gasteiger partial charge in [-0.3, -0.25) is 14.4 Å². The van der Waals surface area contributed by atoms with Crippen molar-refractivity contribution in [2.24, 2.45) is 11.8 Å². The smallest absolute Gasteiger partial charge is 0.308 e. The Morgan fingerprint density at radius 1 is 1.43 bits per heavy atom. The Hall–Kier alpha value is -1.54. The summed E-state index contributed by atoms with van der Waals surface area (Å²) < 4.78 is -1.27. The first-order chi connectivity index (χ1) is 13.3. The fraction of sp³-hybridized carbons (Fsp3) is 0.750. The minimum absolute atomic E-state index is 0.0484. The highest BCUT2D eigenvalue weighted by Crippen LogP contribution is 2.71. The predicted molar refractivity (Wildman–Crippen MR) is 107 cm³/mol. The maximum atomic E-state index is 13.6. The van der Waals surface area contributed by atoms with Crippen molar-refractivity contribution < 1.29 is 24.6 Å². The van der Waals surface area contributed by atoms with E-state index in [2.05, 4.69) is 13.5 Å². The monoisotopic (exact) mass is 410 g/mol. The van der Waals surface area contributed by atoms with Gasteiger partial charge >= 0.3 is 5.97 Å². The van der Waals surface area contributed by atoms with Crippen LogP contribution in [-0.4, -0.2) is 79.6 Å². The second-order valence-electron chi connectivity index (χ2n) is 8.25. The van der Waals surface area contributed by atoms with E-state index in [1.165, 1.54) is 16.7 Å². The molecule has 2 bridgehead atoms. The van der Waals surface area contributed by atoms with Crippen LogP contribution in [0.4, 0.5) is 0 Å². The fourth-order valence-corrected chi connectivity index (χ4v) is 7.74. The number of thioether (sulfide) groups is 1. The lowest BCUT2D eigenvalue weighted by molar-refractivity contribution is -0.150. The maximum Gasteiger partial charge on any atom is 0.308 e. The lowest BCUT2D eigenvalue weighted by atomic mass is 9.66. The van der Waals surface area contributed by atoms with Gasteiger partial charge in [0, 0.05) is 24.4 Å². The summed E-state index contributed by atoms with van der Waals surface area (Å²) in [6.07, 6.45) is 4.77. The molecule has 3 heterocycles. The molecule has 7 nitrogen and oxygen atoms in total. The Bertz CT molecular complexity index is 686. The molecule has 1 spiro atoms. The Morgan fingerprint density at radius 2 is 2.14 bits per heavy atom. The van der Waals surface area contributed by atoms with Crippen LogP contribution < -0.4 is 0 Å². The van der Waals surface area contributed by atoms with E-state index in [0.29, 0.717) is 25.9 Å². The highest BCUT2D eigenvalue weighted by molar-refractivity contribution is 8.02. The molecule has 3 fully saturated rings. The number of rotatable bonds is 9. The standard InChI is InChI=1S/C20H30N2O5S/c1-4-6-10-21(9-5-2)17(25)15-20-8-7-19(3,28-20)14(18(26)27)13(20)16(24)22(15)11-12-23/h5,13-15,23H,2,4,6-12H2,1,3H3,(H,26,27)/t13-,14+,15?,19-,20?/m0/s1. The Labute approximate surface area is 170 Å². The number of hydrogen-bond acceptors (Lipinski definition) is 5. The first kappa shape index (κ1) is 21.2. The van der Waals surface area contributed by atoms with Crippen molar-refractivity contribution in [1.82, 2.24) is 9.80 Å². The number of amides is 2. The third-order valence-electron chi connectivity index (χ3n) is 6.56. The summed E-state index contributed by atoms with van der Waals surface area (Å²) in [5.74, 6) is -2.95. The van der Waals surface area contributed by atoms with Gasteiger partial charge in [0.2, 0.25) is 11.8 Å². The molecule has 0 saturated carbocycles. The number of carbonyl (C=O) groups is 3. The van der Waals surface area contributed by atoms with E-state index in [4.69, 9.17) is 0 Å². The van der Waals surface area contributed by atoms with Crippen LogP contribution >= 0.6 is 11.8 Å². The van der Waals surface area contributed by atoms with Crippen LogP contribution in [0.15, 0.2) is 12.7 Å². The van der Waals surface area contributed by atoms with Gasteiger partial charge < -0.3 is 20.0 Å². The summed E-state index contributed by atoms with van der Waals surface area (Å²) in [7, 11) is 0.